The van der Waals surface area contributed by atoms with Crippen LogP contribution in [0.15, 0.2) is 27.4 Å². The molecule has 2 aromatic heterocycles. The van der Waals surface area contributed by atoms with Gasteiger partial charge in [0.1, 0.15) is 5.82 Å². The van der Waals surface area contributed by atoms with Gasteiger partial charge in [-0.1, -0.05) is 0 Å². The van der Waals surface area contributed by atoms with Crippen LogP contribution in [-0.4, -0.2) is 9.97 Å². The molecule has 1 N–H and O–H groups in total. The van der Waals surface area contributed by atoms with Crippen LogP contribution in [0.25, 0.3) is 0 Å². The number of nitrogens with one attached hydrogen (secondary N) is 1. The van der Waals surface area contributed by atoms with Gasteiger partial charge in [-0.25, -0.2) is 9.97 Å². The predicted molar refractivity (Wildman–Crippen MR) is 69.8 cm³/mol. The van der Waals surface area contributed by atoms with Crippen molar-refractivity contribution in [2.45, 2.75) is 6.92 Å². The Hall–Kier alpha value is -0.460. The number of rotatable bonds is 2. The molecule has 0 saturated carbocycles. The van der Waals surface area contributed by atoms with Crippen LogP contribution >= 0.6 is 43.2 Å². The minimum absolute atomic E-state index is 0.771. The molecule has 15 heavy (non-hydrogen) atoms. The zero-order chi connectivity index (χ0) is 10.8. The van der Waals surface area contributed by atoms with E-state index in [9.17, 15) is 0 Å². The first-order valence-electron chi connectivity index (χ1n) is 4.15. The maximum absolute atomic E-state index is 4.24. The lowest BCUT2D eigenvalue weighted by Gasteiger charge is -2.03. The molecule has 0 aliphatic rings. The van der Waals surface area contributed by atoms with Crippen LogP contribution < -0.4 is 5.32 Å². The summed E-state index contributed by atoms with van der Waals surface area (Å²) in [6.45, 7) is 2.02. The van der Waals surface area contributed by atoms with Gasteiger partial charge >= 0.3 is 0 Å². The lowest BCUT2D eigenvalue weighted by molar-refractivity contribution is 1.26. The summed E-state index contributed by atoms with van der Waals surface area (Å²) in [4.78, 5) is 9.63. The number of aromatic nitrogens is 2. The van der Waals surface area contributed by atoms with E-state index in [1.165, 1.54) is 4.88 Å². The minimum atomic E-state index is 0.771. The topological polar surface area (TPSA) is 37.8 Å². The second-order valence-corrected chi connectivity index (χ2v) is 5.89. The second-order valence-electron chi connectivity index (χ2n) is 2.89. The van der Waals surface area contributed by atoms with Crippen molar-refractivity contribution in [1.29, 1.82) is 0 Å². The van der Waals surface area contributed by atoms with Crippen molar-refractivity contribution < 1.29 is 0 Å². The number of halogens is 2. The molecule has 3 nitrogen and oxygen atoms in total. The molecule has 0 atom stereocenters. The highest BCUT2D eigenvalue weighted by molar-refractivity contribution is 9.11. The molecule has 0 bridgehead atoms. The van der Waals surface area contributed by atoms with Crippen molar-refractivity contribution in [3.8, 4) is 0 Å². The van der Waals surface area contributed by atoms with Crippen LogP contribution in [0.1, 0.15) is 4.88 Å². The first-order valence-corrected chi connectivity index (χ1v) is 6.56. The Bertz CT molecular complexity index is 484. The molecule has 6 heteroatoms. The lowest BCUT2D eigenvalue weighted by Crippen LogP contribution is -1.93. The molecule has 0 spiro atoms. The summed E-state index contributed by atoms with van der Waals surface area (Å²) in [6.07, 6.45) is 3.58. The van der Waals surface area contributed by atoms with Gasteiger partial charge in [0, 0.05) is 21.7 Å². The van der Waals surface area contributed by atoms with Crippen molar-refractivity contribution in [2.75, 3.05) is 5.32 Å². The Kier molecular flexibility index (Phi) is 3.38. The van der Waals surface area contributed by atoms with Gasteiger partial charge in [-0.05, 0) is 44.8 Å². The maximum Gasteiger partial charge on any atom is 0.188 e. The summed E-state index contributed by atoms with van der Waals surface area (Å²) in [5.41, 5.74) is 0. The molecule has 0 radical (unpaired) electrons. The highest BCUT2D eigenvalue weighted by Gasteiger charge is 2.04. The number of aryl methyl sites for hydroxylation is 1. The van der Waals surface area contributed by atoms with E-state index in [2.05, 4.69) is 47.1 Å². The summed E-state index contributed by atoms with van der Waals surface area (Å²) in [5, 5.41) is 4.00. The molecule has 2 heterocycles. The fourth-order valence-corrected chi connectivity index (χ4v) is 2.77. The molecular formula is C9H7Br2N3S. The Morgan fingerprint density at radius 3 is 2.67 bits per heavy atom. The van der Waals surface area contributed by atoms with E-state index in [1.54, 1.807) is 17.5 Å². The molecule has 2 rings (SSSR count). The van der Waals surface area contributed by atoms with E-state index in [-0.39, 0.29) is 0 Å². The summed E-state index contributed by atoms with van der Waals surface area (Å²) < 4.78 is 1.85. The van der Waals surface area contributed by atoms with Crippen LogP contribution in [0.5, 0.6) is 0 Å². The summed E-state index contributed by atoms with van der Waals surface area (Å²) >= 11 is 8.39. The van der Waals surface area contributed by atoms with Gasteiger partial charge in [0.15, 0.2) is 5.13 Å². The lowest BCUT2D eigenvalue weighted by atomic mass is 10.5. The Morgan fingerprint density at radius 1 is 1.27 bits per heavy atom. The summed E-state index contributed by atoms with van der Waals surface area (Å²) in [7, 11) is 0. The normalized spacial score (nSPS) is 10.3. The fraction of sp³-hybridized carbons (Fsp3) is 0.111. The fourth-order valence-electron chi connectivity index (χ4n) is 1.02. The largest absolute Gasteiger partial charge is 0.315 e. The van der Waals surface area contributed by atoms with E-state index in [0.717, 1.165) is 19.9 Å². The van der Waals surface area contributed by atoms with E-state index in [1.807, 2.05) is 19.2 Å². The number of hydrogen-bond acceptors (Lipinski definition) is 4. The third-order valence-corrected chi connectivity index (χ3v) is 3.52. The van der Waals surface area contributed by atoms with Crippen LogP contribution in [0.2, 0.25) is 0 Å². The van der Waals surface area contributed by atoms with Gasteiger partial charge < -0.3 is 5.32 Å². The van der Waals surface area contributed by atoms with Crippen molar-refractivity contribution in [3.05, 3.63) is 32.3 Å². The van der Waals surface area contributed by atoms with E-state index < -0.39 is 0 Å². The second kappa shape index (κ2) is 4.59. The standard InChI is InChI=1S/C9H7Br2N3S/c1-5-3-13-9(15-5)14-8-7(11)2-6(10)4-12-8/h2-4H,1H3,(H,12,13,14). The van der Waals surface area contributed by atoms with Crippen molar-refractivity contribution in [1.82, 2.24) is 9.97 Å². The van der Waals surface area contributed by atoms with Crippen molar-refractivity contribution in [3.63, 3.8) is 0 Å². The summed E-state index contributed by atoms with van der Waals surface area (Å²) in [6, 6.07) is 1.94. The summed E-state index contributed by atoms with van der Waals surface area (Å²) in [5.74, 6) is 0.771. The number of hydrogen-bond donors (Lipinski definition) is 1. The first kappa shape index (κ1) is 11.0. The van der Waals surface area contributed by atoms with Gasteiger partial charge in [-0.15, -0.1) is 11.3 Å². The molecule has 0 aromatic carbocycles. The van der Waals surface area contributed by atoms with E-state index in [0.29, 0.717) is 0 Å². The van der Waals surface area contributed by atoms with Crippen LogP contribution in [0, 0.1) is 6.92 Å². The van der Waals surface area contributed by atoms with Crippen LogP contribution in [0.3, 0.4) is 0 Å². The zero-order valence-electron chi connectivity index (χ0n) is 7.79. The van der Waals surface area contributed by atoms with Gasteiger partial charge in [0.2, 0.25) is 0 Å². The quantitative estimate of drug-likeness (QED) is 0.887. The molecule has 2 aromatic rings. The molecule has 0 aliphatic carbocycles. The molecule has 78 valence electrons. The average Bonchev–Trinajstić information content (AvgIpc) is 2.56. The Balaban J connectivity index is 2.24. The van der Waals surface area contributed by atoms with Crippen molar-refractivity contribution in [2.24, 2.45) is 0 Å². The van der Waals surface area contributed by atoms with Gasteiger partial charge in [-0.3, -0.25) is 0 Å². The molecule has 0 amide bonds. The molecule has 0 aliphatic heterocycles. The monoisotopic (exact) mass is 347 g/mol. The van der Waals surface area contributed by atoms with Gasteiger partial charge in [0.05, 0.1) is 4.47 Å². The third-order valence-electron chi connectivity index (χ3n) is 1.65. The number of thiazole rings is 1. The number of anilines is 2. The zero-order valence-corrected chi connectivity index (χ0v) is 11.8. The average molecular weight is 349 g/mol. The first-order chi connectivity index (χ1) is 7.15. The smallest absolute Gasteiger partial charge is 0.188 e. The molecule has 0 unspecified atom stereocenters. The van der Waals surface area contributed by atoms with Crippen molar-refractivity contribution >= 4 is 54.1 Å². The SMILES string of the molecule is Cc1cnc(Nc2ncc(Br)cc2Br)s1. The Morgan fingerprint density at radius 2 is 2.07 bits per heavy atom. The number of nitrogens with zero attached hydrogens (tertiary/aromatic N) is 2. The third kappa shape index (κ3) is 2.76. The maximum atomic E-state index is 4.24. The molecule has 0 fully saturated rings. The minimum Gasteiger partial charge on any atom is -0.315 e. The molecule has 0 saturated heterocycles. The Labute approximate surface area is 108 Å². The highest BCUT2D eigenvalue weighted by Crippen LogP contribution is 2.27. The highest BCUT2D eigenvalue weighted by atomic mass is 79.9. The van der Waals surface area contributed by atoms with E-state index >= 15 is 0 Å². The van der Waals surface area contributed by atoms with E-state index in [4.69, 9.17) is 0 Å². The molecular weight excluding hydrogens is 342 g/mol. The number of pyridine rings is 1. The predicted octanol–water partition coefficient (Wildman–Crippen LogP) is 4.12. The van der Waals surface area contributed by atoms with Crippen LogP contribution in [0.4, 0.5) is 10.9 Å². The van der Waals surface area contributed by atoms with Crippen LogP contribution in [-0.2, 0) is 0 Å². The van der Waals surface area contributed by atoms with Gasteiger partial charge in [0.25, 0.3) is 0 Å². The van der Waals surface area contributed by atoms with Gasteiger partial charge in [-0.2, -0.15) is 0 Å².